The van der Waals surface area contributed by atoms with Gasteiger partial charge in [-0.3, -0.25) is 9.59 Å². The second-order valence-corrected chi connectivity index (χ2v) is 18.5. The maximum atomic E-state index is 13.9. The maximum Gasteiger partial charge on any atom is 0.407 e. The quantitative estimate of drug-likeness (QED) is 0.0961. The summed E-state index contributed by atoms with van der Waals surface area (Å²) in [5.41, 5.74) is 11.6. The number of benzene rings is 3. The number of amides is 4. The molecule has 4 amide bonds. The van der Waals surface area contributed by atoms with Gasteiger partial charge in [0.15, 0.2) is 0 Å². The van der Waals surface area contributed by atoms with E-state index in [4.69, 9.17) is 19.4 Å². The maximum absolute atomic E-state index is 13.9. The third-order valence-corrected chi connectivity index (χ3v) is 14.5. The predicted octanol–water partition coefficient (Wildman–Crippen LogP) is 9.13. The number of fused-ring (bicyclic) bond motifs is 6. The number of hydrogen-bond donors (Lipinski definition) is 4. The van der Waals surface area contributed by atoms with Gasteiger partial charge in [0.05, 0.1) is 49.2 Å². The van der Waals surface area contributed by atoms with Gasteiger partial charge in [0.25, 0.3) is 0 Å². The Balaban J connectivity index is 0.948. The average Bonchev–Trinajstić information content (AvgIpc) is 4.18. The molecule has 64 heavy (non-hydrogen) atoms. The first-order chi connectivity index (χ1) is 31.0. The summed E-state index contributed by atoms with van der Waals surface area (Å²) in [5, 5.41) is 5.51. The first-order valence-electron chi connectivity index (χ1n) is 23.1. The van der Waals surface area contributed by atoms with Crippen molar-refractivity contribution < 1.29 is 28.7 Å². The Morgan fingerprint density at radius 2 is 1.28 bits per heavy atom. The van der Waals surface area contributed by atoms with Gasteiger partial charge in [-0.15, -0.1) is 0 Å². The molecule has 3 aromatic carbocycles. The molecule has 336 valence electrons. The number of imidazole rings is 2. The van der Waals surface area contributed by atoms with E-state index < -0.39 is 24.3 Å². The van der Waals surface area contributed by atoms with Crippen LogP contribution in [0.3, 0.4) is 0 Å². The monoisotopic (exact) mass is 868 g/mol. The molecule has 4 aliphatic rings. The van der Waals surface area contributed by atoms with Crippen LogP contribution in [0.1, 0.15) is 126 Å². The summed E-state index contributed by atoms with van der Waals surface area (Å²) in [7, 11) is 2.62. The fourth-order valence-corrected chi connectivity index (χ4v) is 10.9. The first-order valence-corrected chi connectivity index (χ1v) is 23.1. The minimum Gasteiger partial charge on any atom is -0.453 e. The Labute approximate surface area is 374 Å². The highest BCUT2D eigenvalue weighted by Gasteiger charge is 2.42. The number of carbonyl (C=O) groups excluding carboxylic acids is 4. The van der Waals surface area contributed by atoms with Gasteiger partial charge >= 0.3 is 12.2 Å². The smallest absolute Gasteiger partial charge is 0.407 e. The Morgan fingerprint density at radius 1 is 0.719 bits per heavy atom. The molecule has 2 bridgehead atoms. The molecule has 9 rings (SSSR count). The van der Waals surface area contributed by atoms with E-state index in [1.165, 1.54) is 61.3 Å². The van der Waals surface area contributed by atoms with Crippen molar-refractivity contribution in [3.8, 4) is 33.5 Å². The molecule has 0 spiro atoms. The SMILES string of the molecule is CCC(C)C(NC(=O)OC)C(=O)N1CCC[C@H]1c1nc2ccc(-c3ccc(-c4ccc(-c5cnc(C6CCCN6C(=O)[C@@H](NC(=O)OC)C(C)C)[nH]5)cc4)c4c3C3CCC4C3)cc2[nH]1. The summed E-state index contributed by atoms with van der Waals surface area (Å²) in [6.07, 6.45) is 8.25. The van der Waals surface area contributed by atoms with Crippen LogP contribution in [0.4, 0.5) is 9.59 Å². The molecule has 14 nitrogen and oxygen atoms in total. The van der Waals surface area contributed by atoms with Gasteiger partial charge in [-0.2, -0.15) is 0 Å². The van der Waals surface area contributed by atoms with Crippen LogP contribution in [0.15, 0.2) is 60.8 Å². The Kier molecular flexibility index (Phi) is 12.0. The van der Waals surface area contributed by atoms with Gasteiger partial charge in [-0.05, 0) is 120 Å². The summed E-state index contributed by atoms with van der Waals surface area (Å²) < 4.78 is 9.66. The van der Waals surface area contributed by atoms with Crippen molar-refractivity contribution in [3.63, 3.8) is 0 Å². The molecular weight excluding hydrogens is 809 g/mol. The molecule has 4 N–H and O–H groups in total. The summed E-state index contributed by atoms with van der Waals surface area (Å²) in [6.45, 7) is 9.04. The number of nitrogens with zero attached hydrogens (tertiary/aromatic N) is 4. The van der Waals surface area contributed by atoms with Crippen LogP contribution in [0.5, 0.6) is 0 Å². The Morgan fingerprint density at radius 3 is 1.89 bits per heavy atom. The second kappa shape index (κ2) is 17.8. The van der Waals surface area contributed by atoms with E-state index in [9.17, 15) is 19.2 Å². The van der Waals surface area contributed by atoms with Gasteiger partial charge in [0.1, 0.15) is 23.7 Å². The highest BCUT2D eigenvalue weighted by molar-refractivity contribution is 5.89. The lowest BCUT2D eigenvalue weighted by molar-refractivity contribution is -0.136. The fourth-order valence-electron chi connectivity index (χ4n) is 10.9. The third kappa shape index (κ3) is 7.89. The van der Waals surface area contributed by atoms with E-state index in [0.717, 1.165) is 71.6 Å². The van der Waals surface area contributed by atoms with E-state index in [1.807, 2.05) is 43.7 Å². The summed E-state index contributed by atoms with van der Waals surface area (Å²) in [4.78, 5) is 72.5. The minimum absolute atomic E-state index is 0.0529. The second-order valence-electron chi connectivity index (χ2n) is 18.5. The zero-order valence-electron chi connectivity index (χ0n) is 37.7. The number of nitrogens with one attached hydrogen (secondary N) is 4. The summed E-state index contributed by atoms with van der Waals surface area (Å²) in [5.74, 6) is 2.18. The highest BCUT2D eigenvalue weighted by atomic mass is 16.5. The molecule has 5 aromatic rings. The molecular formula is C50H60N8O6. The molecule has 2 aliphatic carbocycles. The minimum atomic E-state index is -0.685. The molecule has 2 saturated heterocycles. The molecule has 2 aromatic heterocycles. The number of aromatic nitrogens is 4. The van der Waals surface area contributed by atoms with Gasteiger partial charge in [0, 0.05) is 13.1 Å². The van der Waals surface area contributed by atoms with Crippen LogP contribution < -0.4 is 10.6 Å². The summed E-state index contributed by atoms with van der Waals surface area (Å²) in [6, 6.07) is 18.0. The molecule has 3 fully saturated rings. The van der Waals surface area contributed by atoms with Gasteiger partial charge in [-0.25, -0.2) is 19.6 Å². The Hall–Kier alpha value is -6.18. The van der Waals surface area contributed by atoms with Crippen LogP contribution in [0.25, 0.3) is 44.5 Å². The van der Waals surface area contributed by atoms with E-state index in [1.54, 1.807) is 0 Å². The topological polar surface area (TPSA) is 175 Å². The normalized spacial score (nSPS) is 21.5. The summed E-state index contributed by atoms with van der Waals surface area (Å²) >= 11 is 0. The number of rotatable bonds is 12. The number of methoxy groups -OCH3 is 2. The zero-order chi connectivity index (χ0) is 44.8. The fraction of sp³-hybridized carbons (Fsp3) is 0.480. The number of hydrogen-bond acceptors (Lipinski definition) is 8. The van der Waals surface area contributed by atoms with Crippen LogP contribution in [-0.2, 0) is 19.1 Å². The number of ether oxygens (including phenoxy) is 2. The van der Waals surface area contributed by atoms with E-state index in [0.29, 0.717) is 24.9 Å². The van der Waals surface area contributed by atoms with Crippen molar-refractivity contribution in [2.45, 2.75) is 115 Å². The molecule has 2 aliphatic heterocycles. The van der Waals surface area contributed by atoms with E-state index >= 15 is 0 Å². The van der Waals surface area contributed by atoms with Crippen molar-refractivity contribution in [1.82, 2.24) is 40.4 Å². The van der Waals surface area contributed by atoms with Gasteiger partial charge < -0.3 is 39.9 Å². The van der Waals surface area contributed by atoms with E-state index in [2.05, 4.69) is 75.2 Å². The molecule has 7 atom stereocenters. The van der Waals surface area contributed by atoms with Crippen molar-refractivity contribution in [2.75, 3.05) is 27.3 Å². The van der Waals surface area contributed by atoms with Gasteiger partial charge in [0.2, 0.25) is 11.8 Å². The Bertz CT molecular complexity index is 2560. The van der Waals surface area contributed by atoms with E-state index in [-0.39, 0.29) is 35.7 Å². The zero-order valence-corrected chi connectivity index (χ0v) is 37.7. The lowest BCUT2D eigenvalue weighted by atomic mass is 9.81. The number of H-pyrrole nitrogens is 2. The van der Waals surface area contributed by atoms with Crippen molar-refractivity contribution in [1.29, 1.82) is 0 Å². The third-order valence-electron chi connectivity index (χ3n) is 14.5. The number of carbonyl (C=O) groups is 4. The average molecular weight is 869 g/mol. The van der Waals surface area contributed by atoms with Crippen LogP contribution in [0.2, 0.25) is 0 Å². The van der Waals surface area contributed by atoms with Gasteiger partial charge in [-0.1, -0.05) is 76.6 Å². The molecule has 5 unspecified atom stereocenters. The first kappa shape index (κ1) is 43.1. The van der Waals surface area contributed by atoms with Crippen LogP contribution in [-0.4, -0.2) is 93.1 Å². The molecule has 4 heterocycles. The standard InChI is InChI=1S/C50H60N8O6/c1-7-28(4)44(56-50(62)64-6)48(60)58-23-9-11-40(58)46-52-36-21-18-31(25-37(36)53-46)35-20-19-34(41-32-16-17-33(24-32)42(35)41)29-12-14-30(15-13-29)38-26-51-45(54-38)39-10-8-22-57(39)47(59)43(27(2)3)55-49(61)63-5/h12-15,18-21,25-28,32-33,39-40,43-44H,7-11,16-17,22-24H2,1-6H3,(H,51,54)(H,52,53)(H,55,61)(H,56,62)/t28?,32?,33?,39?,40-,43-,44?/m0/s1. The lowest BCUT2D eigenvalue weighted by Gasteiger charge is -2.30. The number of aromatic amines is 2. The molecule has 1 saturated carbocycles. The number of alkyl carbamates (subject to hydrolysis) is 2. The van der Waals surface area contributed by atoms with Crippen LogP contribution in [0, 0.1) is 11.8 Å². The van der Waals surface area contributed by atoms with Crippen molar-refractivity contribution in [3.05, 3.63) is 83.6 Å². The molecule has 14 heteroatoms. The van der Waals surface area contributed by atoms with Crippen molar-refractivity contribution >= 4 is 35.0 Å². The van der Waals surface area contributed by atoms with Crippen molar-refractivity contribution in [2.24, 2.45) is 11.8 Å². The number of likely N-dealkylation sites (tertiary alicyclic amines) is 2. The highest BCUT2D eigenvalue weighted by Crippen LogP contribution is 2.58. The van der Waals surface area contributed by atoms with Crippen LogP contribution >= 0.6 is 0 Å². The lowest BCUT2D eigenvalue weighted by Crippen LogP contribution is -2.51. The predicted molar refractivity (Wildman–Crippen MR) is 244 cm³/mol. The largest absolute Gasteiger partial charge is 0.453 e. The molecule has 0 radical (unpaired) electrons.